The van der Waals surface area contributed by atoms with Crippen molar-refractivity contribution in [3.05, 3.63) is 151 Å². The Hall–Kier alpha value is -3.53. The molecule has 0 unspecified atom stereocenters. The molecule has 0 fully saturated rings. The number of aromatic nitrogens is 3. The summed E-state index contributed by atoms with van der Waals surface area (Å²) in [6.45, 7) is 3.91. The number of fused-ring (bicyclic) bond motifs is 1. The van der Waals surface area contributed by atoms with Crippen molar-refractivity contribution in [2.75, 3.05) is 17.2 Å². The van der Waals surface area contributed by atoms with Crippen LogP contribution < -0.4 is 17.2 Å². The fourth-order valence-electron chi connectivity index (χ4n) is 4.49. The van der Waals surface area contributed by atoms with Crippen LogP contribution in [0.15, 0.2) is 84.6 Å². The molecule has 0 amide bonds. The number of halogens is 9. The second-order valence-corrected chi connectivity index (χ2v) is 16.5. The van der Waals surface area contributed by atoms with Gasteiger partial charge in [0.05, 0.1) is 36.0 Å². The molecule has 0 atom stereocenters. The van der Waals surface area contributed by atoms with Gasteiger partial charge in [0.15, 0.2) is 0 Å². The molecule has 0 spiro atoms. The zero-order chi connectivity index (χ0) is 44.9. The van der Waals surface area contributed by atoms with Gasteiger partial charge >= 0.3 is 11.4 Å². The summed E-state index contributed by atoms with van der Waals surface area (Å²) in [5, 5.41) is 40.6. The predicted octanol–water partition coefficient (Wildman–Crippen LogP) is 13.6. The number of nitrogens with two attached hydrogens (primary N) is 3. The molecule has 0 saturated heterocycles. The molecule has 0 aliphatic rings. The minimum atomic E-state index is -0.609. The molecule has 6 N–H and O–H groups in total. The van der Waals surface area contributed by atoms with Crippen LogP contribution in [0.4, 0.5) is 34.1 Å². The monoisotopic (exact) mass is 1160 g/mol. The number of hydrogen-bond acceptors (Lipinski definition) is 11. The Labute approximate surface area is 395 Å². The summed E-state index contributed by atoms with van der Waals surface area (Å²) in [5.41, 5.74) is 20.1. The molecule has 24 heteroatoms. The third kappa shape index (κ3) is 14.0. The summed E-state index contributed by atoms with van der Waals surface area (Å²) in [7, 11) is 1.83. The summed E-state index contributed by atoms with van der Waals surface area (Å²) < 4.78 is 4.40. The van der Waals surface area contributed by atoms with Crippen LogP contribution in [-0.2, 0) is 19.9 Å². The van der Waals surface area contributed by atoms with E-state index in [2.05, 4.69) is 81.0 Å². The maximum Gasteiger partial charge on any atom is 0.311 e. The molecule has 0 aliphatic carbocycles. The summed E-state index contributed by atoms with van der Waals surface area (Å²) in [4.78, 5) is 29.7. The molecule has 0 aliphatic heterocycles. The van der Waals surface area contributed by atoms with Crippen LogP contribution in [0.5, 0.6) is 0 Å². The van der Waals surface area contributed by atoms with Crippen molar-refractivity contribution in [2.45, 2.75) is 26.7 Å². The summed E-state index contributed by atoms with van der Waals surface area (Å²) in [6, 6.07) is 18.5. The van der Waals surface area contributed by atoms with Gasteiger partial charge < -0.3 is 17.2 Å². The third-order valence-corrected chi connectivity index (χ3v) is 12.9. The van der Waals surface area contributed by atoms with E-state index in [1.54, 1.807) is 28.9 Å². The van der Waals surface area contributed by atoms with E-state index in [-0.39, 0.29) is 43.5 Å². The van der Waals surface area contributed by atoms with E-state index in [9.17, 15) is 30.3 Å². The third-order valence-electron chi connectivity index (χ3n) is 7.48. The number of aryl methyl sites for hydroxylation is 3. The van der Waals surface area contributed by atoms with Crippen molar-refractivity contribution in [3.8, 4) is 0 Å². The highest BCUT2D eigenvalue weighted by Gasteiger charge is 2.20. The van der Waals surface area contributed by atoms with Crippen molar-refractivity contribution >= 4 is 167 Å². The Morgan fingerprint density at radius 3 is 1.51 bits per heavy atom. The maximum atomic E-state index is 10.7. The van der Waals surface area contributed by atoms with Crippen LogP contribution in [0.1, 0.15) is 25.0 Å². The van der Waals surface area contributed by atoms with E-state index in [4.69, 9.17) is 75.2 Å². The molecule has 1 aromatic heterocycles. The van der Waals surface area contributed by atoms with Crippen molar-refractivity contribution in [3.63, 3.8) is 0 Å². The lowest BCUT2D eigenvalue weighted by Gasteiger charge is -2.05. The van der Waals surface area contributed by atoms with E-state index >= 15 is 0 Å². The molecule has 0 bridgehead atoms. The second-order valence-electron chi connectivity index (χ2n) is 11.2. The normalized spacial score (nSPS) is 10.1. The molecule has 314 valence electrons. The molecule has 0 saturated carbocycles. The van der Waals surface area contributed by atoms with E-state index in [0.29, 0.717) is 36.7 Å². The summed E-state index contributed by atoms with van der Waals surface area (Å²) >= 11 is 41.6. The number of nitrogen functional groups attached to an aromatic ring is 3. The number of hydrogen-bond donors (Lipinski definition) is 3. The number of para-hydroxylation sites is 1. The van der Waals surface area contributed by atoms with E-state index in [1.165, 1.54) is 18.2 Å². The van der Waals surface area contributed by atoms with Crippen molar-refractivity contribution in [2.24, 2.45) is 7.05 Å². The first-order chi connectivity index (χ1) is 27.6. The van der Waals surface area contributed by atoms with Gasteiger partial charge in [0.2, 0.25) is 0 Å². The minimum absolute atomic E-state index is 0.00135. The molecular formula is C35H30Br4Cl5N9O6. The zero-order valence-electron chi connectivity index (χ0n) is 30.5. The van der Waals surface area contributed by atoms with Gasteiger partial charge in [-0.2, -0.15) is 0 Å². The van der Waals surface area contributed by atoms with Crippen molar-refractivity contribution in [1.82, 2.24) is 15.0 Å². The second kappa shape index (κ2) is 24.0. The highest BCUT2D eigenvalue weighted by atomic mass is 79.9. The lowest BCUT2D eigenvalue weighted by Crippen LogP contribution is -1.96. The van der Waals surface area contributed by atoms with Crippen LogP contribution in [-0.4, -0.2) is 29.8 Å². The first-order valence-electron chi connectivity index (χ1n) is 16.1. The van der Waals surface area contributed by atoms with Crippen LogP contribution >= 0.6 is 122 Å². The number of anilines is 3. The zero-order valence-corrected chi connectivity index (χ0v) is 40.7. The van der Waals surface area contributed by atoms with Crippen LogP contribution in [0.25, 0.3) is 11.0 Å². The highest BCUT2D eigenvalue weighted by Crippen LogP contribution is 2.37. The smallest absolute Gasteiger partial charge is 0.311 e. The molecular weight excluding hydrogens is 1140 g/mol. The maximum absolute atomic E-state index is 10.7. The number of benzene rings is 5. The first-order valence-corrected chi connectivity index (χ1v) is 21.2. The van der Waals surface area contributed by atoms with Gasteiger partial charge in [0.25, 0.3) is 5.69 Å². The Morgan fingerprint density at radius 2 is 1.03 bits per heavy atom. The number of rotatable bonds is 5. The number of nitro benzene ring substituents is 3. The lowest BCUT2D eigenvalue weighted by atomic mass is 10.1. The predicted molar refractivity (Wildman–Crippen MR) is 252 cm³/mol. The average Bonchev–Trinajstić information content (AvgIpc) is 3.56. The largest absolute Gasteiger partial charge is 0.397 e. The molecule has 1 heterocycles. The van der Waals surface area contributed by atoms with Gasteiger partial charge in [-0.05, 0) is 131 Å². The van der Waals surface area contributed by atoms with Crippen LogP contribution in [0.3, 0.4) is 0 Å². The molecule has 6 rings (SSSR count). The van der Waals surface area contributed by atoms with E-state index in [0.717, 1.165) is 32.0 Å². The number of nitrogens with zero attached hydrogens (tertiary/aromatic N) is 6. The topological polar surface area (TPSA) is 238 Å². The molecule has 0 radical (unpaired) electrons. The van der Waals surface area contributed by atoms with Gasteiger partial charge in [0.1, 0.15) is 32.0 Å². The van der Waals surface area contributed by atoms with E-state index < -0.39 is 14.8 Å². The molecule has 59 heavy (non-hydrogen) atoms. The summed E-state index contributed by atoms with van der Waals surface area (Å²) in [6.07, 6.45) is 1.52. The Kier molecular flexibility index (Phi) is 21.0. The molecule has 5 aromatic carbocycles. The van der Waals surface area contributed by atoms with Crippen LogP contribution in [0, 0.1) is 30.3 Å². The van der Waals surface area contributed by atoms with Crippen molar-refractivity contribution in [1.29, 1.82) is 0 Å². The van der Waals surface area contributed by atoms with Gasteiger partial charge in [-0.15, -0.1) is 5.10 Å². The fourth-order valence-corrected chi connectivity index (χ4v) is 6.92. The quantitative estimate of drug-likeness (QED) is 0.0833. The van der Waals surface area contributed by atoms with Gasteiger partial charge in [-0.3, -0.25) is 30.3 Å². The fraction of sp³-hybridized carbons (Fsp3) is 0.143. The van der Waals surface area contributed by atoms with Gasteiger partial charge in [-0.25, -0.2) is 4.68 Å². The van der Waals surface area contributed by atoms with Gasteiger partial charge in [0, 0.05) is 30.5 Å². The summed E-state index contributed by atoms with van der Waals surface area (Å²) in [5.74, 6) is 0. The Balaban J connectivity index is 0.000000255. The highest BCUT2D eigenvalue weighted by molar-refractivity contribution is 9.11. The number of nitro groups is 3. The van der Waals surface area contributed by atoms with Crippen LogP contribution in [0.2, 0.25) is 25.1 Å². The Morgan fingerprint density at radius 1 is 0.593 bits per heavy atom. The standard InChI is InChI=1S/C8H7BrClNO2.C8H9BrClN.C7H5BrClN3.C6H4BrClN2O2.C6H5ClN2O2/c1-2-5-3-4-6(9)7(10)8(5)11(12)13;1-2-5-3-4-6(9)7(10)8(5)11;1-12-5-3-2-4(8)6(9)7(5)10-11-12;7-3-1-2-4(9)6(5(3)8)10(11)12;7-4-2-1-3-5(8)6(4)9(10)11/h3-4H,2H2,1H3;3-4H,2,11H2,1H3;2-3H,1H3;1-2H,9H2;1-3H,8H2. The minimum Gasteiger partial charge on any atom is -0.397 e. The van der Waals surface area contributed by atoms with E-state index in [1.807, 2.05) is 38.2 Å². The molecule has 6 aromatic rings. The molecule has 15 nitrogen and oxygen atoms in total. The average molecular weight is 1170 g/mol. The van der Waals surface area contributed by atoms with Crippen molar-refractivity contribution < 1.29 is 14.8 Å². The Bertz CT molecular complexity index is 2480. The SMILES string of the molecule is CCc1ccc(Br)c(Cl)c1N.CCc1ccc(Br)c(Cl)c1[N+](=O)[O-].Cn1nnc2c(Cl)c(Br)ccc21.Nc1ccc(Br)c(Cl)c1[N+](=O)[O-].Nc1cccc(Cl)c1[N+](=O)[O-]. The first kappa shape index (κ1) is 51.6. The lowest BCUT2D eigenvalue weighted by molar-refractivity contribution is -0.385. The van der Waals surface area contributed by atoms with Gasteiger partial charge in [-0.1, -0.05) is 95.3 Å².